The Balaban J connectivity index is 2.29. The molecule has 0 aliphatic rings. The van der Waals surface area contributed by atoms with Crippen LogP contribution in [0.3, 0.4) is 0 Å². The number of rotatable bonds is 3. The molecule has 0 radical (unpaired) electrons. The summed E-state index contributed by atoms with van der Waals surface area (Å²) in [6, 6.07) is 8.26. The van der Waals surface area contributed by atoms with Crippen LogP contribution in [0.1, 0.15) is 16.1 Å². The first kappa shape index (κ1) is 14.3. The number of nitro groups is 1. The number of hydrogen-bond donors (Lipinski definition) is 1. The van der Waals surface area contributed by atoms with Crippen LogP contribution in [0.5, 0.6) is 0 Å². The lowest BCUT2D eigenvalue weighted by molar-refractivity contribution is -0.391. The summed E-state index contributed by atoms with van der Waals surface area (Å²) in [5, 5.41) is 13.5. The summed E-state index contributed by atoms with van der Waals surface area (Å²) in [5.74, 6) is -0.511. The maximum Gasteiger partial charge on any atom is 0.323 e. The van der Waals surface area contributed by atoms with E-state index in [1.807, 2.05) is 19.1 Å². The summed E-state index contributed by atoms with van der Waals surface area (Å²) >= 11 is 3.33. The molecule has 0 aliphatic carbocycles. The SMILES string of the molecule is Cc1ccc(Br)cc1NC(=O)c1ccc([N+](=O)[O-])n1C. The highest BCUT2D eigenvalue weighted by molar-refractivity contribution is 9.10. The first-order valence-corrected chi connectivity index (χ1v) is 6.57. The highest BCUT2D eigenvalue weighted by atomic mass is 79.9. The molecule has 0 atom stereocenters. The van der Waals surface area contributed by atoms with E-state index >= 15 is 0 Å². The normalized spacial score (nSPS) is 10.3. The van der Waals surface area contributed by atoms with Crippen molar-refractivity contribution in [3.8, 4) is 0 Å². The Morgan fingerprint density at radius 1 is 1.35 bits per heavy atom. The fourth-order valence-corrected chi connectivity index (χ4v) is 2.19. The van der Waals surface area contributed by atoms with Crippen molar-refractivity contribution in [1.29, 1.82) is 0 Å². The molecule has 7 heteroatoms. The molecule has 6 nitrogen and oxygen atoms in total. The van der Waals surface area contributed by atoms with E-state index < -0.39 is 4.92 Å². The zero-order chi connectivity index (χ0) is 14.9. The van der Waals surface area contributed by atoms with Crippen LogP contribution in [0.4, 0.5) is 11.5 Å². The van der Waals surface area contributed by atoms with Crippen LogP contribution >= 0.6 is 15.9 Å². The van der Waals surface area contributed by atoms with Crippen molar-refractivity contribution in [2.24, 2.45) is 7.05 Å². The maximum absolute atomic E-state index is 12.2. The van der Waals surface area contributed by atoms with Crippen molar-refractivity contribution in [2.75, 3.05) is 5.32 Å². The molecule has 20 heavy (non-hydrogen) atoms. The number of nitrogens with zero attached hydrogens (tertiary/aromatic N) is 2. The molecule has 0 spiro atoms. The van der Waals surface area contributed by atoms with E-state index in [1.165, 1.54) is 23.7 Å². The van der Waals surface area contributed by atoms with Gasteiger partial charge in [-0.05, 0) is 35.6 Å². The third kappa shape index (κ3) is 2.72. The summed E-state index contributed by atoms with van der Waals surface area (Å²) in [6.07, 6.45) is 0. The second kappa shape index (κ2) is 5.46. The number of hydrogen-bond acceptors (Lipinski definition) is 3. The summed E-state index contributed by atoms with van der Waals surface area (Å²) in [5.41, 5.74) is 1.80. The molecule has 2 rings (SSSR count). The lowest BCUT2D eigenvalue weighted by Crippen LogP contribution is -2.16. The molecule has 0 fully saturated rings. The van der Waals surface area contributed by atoms with Gasteiger partial charge in [-0.2, -0.15) is 0 Å². The Kier molecular flexibility index (Phi) is 3.89. The number of nitrogens with one attached hydrogen (secondary N) is 1. The molecule has 0 unspecified atom stereocenters. The predicted octanol–water partition coefficient (Wildman–Crippen LogP) is 3.26. The number of aryl methyl sites for hydroxylation is 1. The molecule has 0 saturated heterocycles. The Bertz CT molecular complexity index is 694. The molecule has 1 N–H and O–H groups in total. The van der Waals surface area contributed by atoms with Gasteiger partial charge in [0.2, 0.25) is 0 Å². The van der Waals surface area contributed by atoms with E-state index in [9.17, 15) is 14.9 Å². The topological polar surface area (TPSA) is 77.2 Å². The first-order valence-electron chi connectivity index (χ1n) is 5.78. The van der Waals surface area contributed by atoms with Gasteiger partial charge in [-0.3, -0.25) is 4.79 Å². The molecule has 1 amide bonds. The molecule has 1 heterocycles. The number of benzene rings is 1. The monoisotopic (exact) mass is 337 g/mol. The quantitative estimate of drug-likeness (QED) is 0.689. The molecular weight excluding hydrogens is 326 g/mol. The van der Waals surface area contributed by atoms with E-state index in [1.54, 1.807) is 6.07 Å². The highest BCUT2D eigenvalue weighted by Gasteiger charge is 2.20. The summed E-state index contributed by atoms with van der Waals surface area (Å²) in [7, 11) is 1.49. The second-order valence-electron chi connectivity index (χ2n) is 4.31. The molecule has 104 valence electrons. The van der Waals surface area contributed by atoms with Gasteiger partial charge in [-0.15, -0.1) is 0 Å². The zero-order valence-corrected chi connectivity index (χ0v) is 12.5. The lowest BCUT2D eigenvalue weighted by Gasteiger charge is -2.08. The van der Waals surface area contributed by atoms with E-state index in [0.29, 0.717) is 5.69 Å². The van der Waals surface area contributed by atoms with Crippen LogP contribution in [0.15, 0.2) is 34.8 Å². The Morgan fingerprint density at radius 2 is 2.05 bits per heavy atom. The summed E-state index contributed by atoms with van der Waals surface area (Å²) < 4.78 is 2.10. The smallest absolute Gasteiger partial charge is 0.323 e. The fraction of sp³-hybridized carbons (Fsp3) is 0.154. The molecular formula is C13H12BrN3O3. The molecule has 0 aliphatic heterocycles. The molecule has 2 aromatic rings. The van der Waals surface area contributed by atoms with Crippen molar-refractivity contribution < 1.29 is 9.72 Å². The number of carbonyl (C=O) groups is 1. The number of amides is 1. The van der Waals surface area contributed by atoms with Crippen molar-refractivity contribution >= 4 is 33.3 Å². The predicted molar refractivity (Wildman–Crippen MR) is 78.9 cm³/mol. The van der Waals surface area contributed by atoms with Gasteiger partial charge in [-0.1, -0.05) is 22.0 Å². The van der Waals surface area contributed by atoms with E-state index in [2.05, 4.69) is 21.2 Å². The summed E-state index contributed by atoms with van der Waals surface area (Å²) in [6.45, 7) is 1.87. The van der Waals surface area contributed by atoms with E-state index in [0.717, 1.165) is 10.0 Å². The van der Waals surface area contributed by atoms with Gasteiger partial charge in [0, 0.05) is 16.2 Å². The van der Waals surface area contributed by atoms with Crippen LogP contribution in [0.2, 0.25) is 0 Å². The minimum atomic E-state index is -0.527. The Morgan fingerprint density at radius 3 is 2.65 bits per heavy atom. The Hall–Kier alpha value is -2.15. The number of halogens is 1. The van der Waals surface area contributed by atoms with Crippen LogP contribution < -0.4 is 5.32 Å². The van der Waals surface area contributed by atoms with Gasteiger partial charge in [0.1, 0.15) is 0 Å². The maximum atomic E-state index is 12.2. The van der Waals surface area contributed by atoms with Gasteiger partial charge in [0.25, 0.3) is 5.91 Å². The van der Waals surface area contributed by atoms with E-state index in [-0.39, 0.29) is 17.4 Å². The highest BCUT2D eigenvalue weighted by Crippen LogP contribution is 2.22. The van der Waals surface area contributed by atoms with Crippen LogP contribution in [0, 0.1) is 17.0 Å². The standard InChI is InChI=1S/C13H12BrN3O3/c1-8-3-4-9(14)7-10(8)15-13(18)11-5-6-12(16(11)2)17(19)20/h3-7H,1-2H3,(H,15,18). The second-order valence-corrected chi connectivity index (χ2v) is 5.22. The van der Waals surface area contributed by atoms with Crippen molar-refractivity contribution in [2.45, 2.75) is 6.92 Å². The third-order valence-electron chi connectivity index (χ3n) is 2.96. The van der Waals surface area contributed by atoms with Gasteiger partial charge < -0.3 is 15.4 Å². The third-order valence-corrected chi connectivity index (χ3v) is 3.46. The Labute approximate surface area is 123 Å². The van der Waals surface area contributed by atoms with Gasteiger partial charge >= 0.3 is 5.82 Å². The van der Waals surface area contributed by atoms with Gasteiger partial charge in [-0.25, -0.2) is 4.57 Å². The van der Waals surface area contributed by atoms with Gasteiger partial charge in [0.05, 0.1) is 7.05 Å². The largest absolute Gasteiger partial charge is 0.358 e. The zero-order valence-electron chi connectivity index (χ0n) is 10.9. The average molecular weight is 338 g/mol. The van der Waals surface area contributed by atoms with Crippen molar-refractivity contribution in [1.82, 2.24) is 4.57 Å². The van der Waals surface area contributed by atoms with Crippen molar-refractivity contribution in [3.05, 3.63) is 56.2 Å². The number of carbonyl (C=O) groups excluding carboxylic acids is 1. The average Bonchev–Trinajstić information content (AvgIpc) is 2.76. The molecule has 1 aromatic carbocycles. The minimum absolute atomic E-state index is 0.124. The van der Waals surface area contributed by atoms with Crippen LogP contribution in [-0.2, 0) is 7.05 Å². The molecule has 0 saturated carbocycles. The number of anilines is 1. The number of aromatic nitrogens is 1. The van der Waals surface area contributed by atoms with Crippen LogP contribution in [0.25, 0.3) is 0 Å². The molecule has 1 aromatic heterocycles. The van der Waals surface area contributed by atoms with Gasteiger partial charge in [0.15, 0.2) is 5.69 Å². The van der Waals surface area contributed by atoms with Crippen LogP contribution in [-0.4, -0.2) is 15.4 Å². The lowest BCUT2D eigenvalue weighted by atomic mass is 10.2. The fourth-order valence-electron chi connectivity index (χ4n) is 1.83. The van der Waals surface area contributed by atoms with Crippen molar-refractivity contribution in [3.63, 3.8) is 0 Å². The first-order chi connectivity index (χ1) is 9.40. The molecule has 0 bridgehead atoms. The minimum Gasteiger partial charge on any atom is -0.358 e. The van der Waals surface area contributed by atoms with E-state index in [4.69, 9.17) is 0 Å². The summed E-state index contributed by atoms with van der Waals surface area (Å²) in [4.78, 5) is 22.4.